The molecule has 1 aliphatic heterocycles. The number of nitrogens with zero attached hydrogens (tertiary/aromatic N) is 1. The Morgan fingerprint density at radius 2 is 1.56 bits per heavy atom. The first-order chi connectivity index (χ1) is 17.7. The average molecular weight is 466 g/mol. The van der Waals surface area contributed by atoms with Crippen molar-refractivity contribution in [2.75, 3.05) is 4.90 Å². The molecule has 0 saturated heterocycles. The van der Waals surface area contributed by atoms with E-state index >= 15 is 0 Å². The van der Waals surface area contributed by atoms with Gasteiger partial charge in [0.2, 0.25) is 0 Å². The molecule has 0 amide bonds. The molecule has 0 aromatic heterocycles. The molecule has 1 heterocycles. The van der Waals surface area contributed by atoms with Crippen molar-refractivity contribution in [2.45, 2.75) is 38.6 Å². The molecule has 36 heavy (non-hydrogen) atoms. The number of hydrogen-bond acceptors (Lipinski definition) is 1. The van der Waals surface area contributed by atoms with Gasteiger partial charge in [0.15, 0.2) is 0 Å². The highest BCUT2D eigenvalue weighted by Gasteiger charge is 2.38. The van der Waals surface area contributed by atoms with Crippen LogP contribution in [0.1, 0.15) is 47.6 Å². The van der Waals surface area contributed by atoms with Gasteiger partial charge in [0.05, 0.1) is 6.04 Å². The Labute approximate surface area is 214 Å². The van der Waals surface area contributed by atoms with Crippen LogP contribution in [0.5, 0.6) is 0 Å². The topological polar surface area (TPSA) is 3.24 Å². The summed E-state index contributed by atoms with van der Waals surface area (Å²) in [6.07, 6.45) is 9.44. The molecule has 176 valence electrons. The molecule has 0 fully saturated rings. The van der Waals surface area contributed by atoms with Crippen LogP contribution in [0, 0.1) is 5.92 Å². The summed E-state index contributed by atoms with van der Waals surface area (Å²) < 4.78 is 0. The highest BCUT2D eigenvalue weighted by Crippen LogP contribution is 2.49. The lowest BCUT2D eigenvalue weighted by molar-refractivity contribution is 0.647. The van der Waals surface area contributed by atoms with Gasteiger partial charge in [-0.3, -0.25) is 0 Å². The van der Waals surface area contributed by atoms with E-state index in [4.69, 9.17) is 0 Å². The van der Waals surface area contributed by atoms with Crippen LogP contribution in [0.25, 0.3) is 16.7 Å². The fraction of sp³-hybridized carbons (Fsp3) is 0.200. The fourth-order valence-corrected chi connectivity index (χ4v) is 6.42. The van der Waals surface area contributed by atoms with Crippen molar-refractivity contribution >= 4 is 16.9 Å². The van der Waals surface area contributed by atoms with Crippen LogP contribution in [-0.4, -0.2) is 6.04 Å². The van der Waals surface area contributed by atoms with E-state index in [1.54, 1.807) is 0 Å². The molecule has 2 aliphatic carbocycles. The zero-order valence-corrected chi connectivity index (χ0v) is 21.0. The highest BCUT2D eigenvalue weighted by atomic mass is 15.2. The Bertz CT molecular complexity index is 1520. The molecule has 2 unspecified atom stereocenters. The molecule has 1 heteroatoms. The first-order valence-corrected chi connectivity index (χ1v) is 13.2. The summed E-state index contributed by atoms with van der Waals surface area (Å²) in [5.74, 6) is 1.02. The van der Waals surface area contributed by atoms with Gasteiger partial charge >= 0.3 is 0 Å². The maximum atomic E-state index is 2.50. The molecule has 4 aromatic rings. The summed E-state index contributed by atoms with van der Waals surface area (Å²) in [4.78, 5) is 2.50. The van der Waals surface area contributed by atoms with Crippen LogP contribution in [0.4, 0.5) is 11.4 Å². The van der Waals surface area contributed by atoms with Gasteiger partial charge in [-0.1, -0.05) is 98.8 Å². The summed E-state index contributed by atoms with van der Waals surface area (Å²) in [6, 6.07) is 34.3. The maximum absolute atomic E-state index is 2.50. The Morgan fingerprint density at radius 1 is 0.806 bits per heavy atom. The zero-order chi connectivity index (χ0) is 24.2. The van der Waals surface area contributed by atoms with Crippen LogP contribution < -0.4 is 4.90 Å². The van der Waals surface area contributed by atoms with Gasteiger partial charge in [0.25, 0.3) is 0 Å². The predicted octanol–water partition coefficient (Wildman–Crippen LogP) is 8.71. The fourth-order valence-electron chi connectivity index (χ4n) is 6.42. The standard InChI is InChI=1S/C35H31N/c1-23(2)18-24-12-13-27-20-28-15-14-25(21-32(28)31(27)19-24)26-16-17-35-33(22-26)30-10-6-7-11-34(30)36(35)29-8-4-3-5-9-29/h3-17,19,21-23,33,35H,18,20H2,1-2H3. The van der Waals surface area contributed by atoms with E-state index in [9.17, 15) is 0 Å². The van der Waals surface area contributed by atoms with Crippen molar-refractivity contribution in [3.63, 3.8) is 0 Å². The second kappa shape index (κ2) is 8.38. The first kappa shape index (κ1) is 21.4. The third-order valence-corrected chi connectivity index (χ3v) is 8.02. The lowest BCUT2D eigenvalue weighted by Gasteiger charge is -2.29. The van der Waals surface area contributed by atoms with E-state index in [1.165, 1.54) is 55.9 Å². The minimum absolute atomic E-state index is 0.308. The molecule has 1 nitrogen and oxygen atoms in total. The molecular weight excluding hydrogens is 434 g/mol. The van der Waals surface area contributed by atoms with E-state index in [0.29, 0.717) is 17.9 Å². The van der Waals surface area contributed by atoms with E-state index in [1.807, 2.05) is 0 Å². The number of hydrogen-bond donors (Lipinski definition) is 0. The Hall–Kier alpha value is -3.84. The van der Waals surface area contributed by atoms with Crippen LogP contribution in [-0.2, 0) is 12.8 Å². The third kappa shape index (κ3) is 3.45. The van der Waals surface area contributed by atoms with E-state index < -0.39 is 0 Å². The summed E-state index contributed by atoms with van der Waals surface area (Å²) in [7, 11) is 0. The Kier molecular flexibility index (Phi) is 4.99. The number of benzene rings is 4. The quantitative estimate of drug-likeness (QED) is 0.256. The van der Waals surface area contributed by atoms with Gasteiger partial charge in [0, 0.05) is 17.3 Å². The number of fused-ring (bicyclic) bond motifs is 6. The van der Waals surface area contributed by atoms with E-state index in [0.717, 1.165) is 12.8 Å². The second-order valence-corrected chi connectivity index (χ2v) is 10.9. The Morgan fingerprint density at radius 3 is 2.39 bits per heavy atom. The molecule has 0 radical (unpaired) electrons. The average Bonchev–Trinajstić information content (AvgIpc) is 3.43. The molecule has 0 saturated carbocycles. The van der Waals surface area contributed by atoms with Gasteiger partial charge in [-0.15, -0.1) is 0 Å². The molecule has 3 aliphatic rings. The van der Waals surface area contributed by atoms with Crippen LogP contribution in [0.2, 0.25) is 0 Å². The van der Waals surface area contributed by atoms with Crippen molar-refractivity contribution in [1.82, 2.24) is 0 Å². The van der Waals surface area contributed by atoms with Crippen molar-refractivity contribution in [2.24, 2.45) is 5.92 Å². The normalized spacial score (nSPS) is 19.1. The van der Waals surface area contributed by atoms with Crippen LogP contribution in [0.15, 0.2) is 109 Å². The van der Waals surface area contributed by atoms with Gasteiger partial charge in [-0.2, -0.15) is 0 Å². The SMILES string of the molecule is CC(C)Cc1ccc2c(c1)-c1cc(C3=CC4c5ccccc5N(c5ccccc5)C4C=C3)ccc1C2. The number of anilines is 2. The highest BCUT2D eigenvalue weighted by molar-refractivity contribution is 5.86. The summed E-state index contributed by atoms with van der Waals surface area (Å²) in [5, 5.41) is 0. The van der Waals surface area contributed by atoms with Gasteiger partial charge in [-0.25, -0.2) is 0 Å². The summed E-state index contributed by atoms with van der Waals surface area (Å²) >= 11 is 0. The number of para-hydroxylation sites is 2. The largest absolute Gasteiger partial charge is 0.333 e. The minimum atomic E-state index is 0.308. The zero-order valence-electron chi connectivity index (χ0n) is 21.0. The second-order valence-electron chi connectivity index (χ2n) is 10.9. The van der Waals surface area contributed by atoms with Crippen molar-refractivity contribution < 1.29 is 0 Å². The van der Waals surface area contributed by atoms with Gasteiger partial charge in [-0.05, 0) is 87.5 Å². The van der Waals surface area contributed by atoms with Gasteiger partial charge in [0.1, 0.15) is 0 Å². The Balaban J connectivity index is 1.27. The number of rotatable bonds is 4. The maximum Gasteiger partial charge on any atom is 0.0630 e. The summed E-state index contributed by atoms with van der Waals surface area (Å²) in [5.41, 5.74) is 13.9. The molecule has 2 atom stereocenters. The van der Waals surface area contributed by atoms with Crippen molar-refractivity contribution in [1.29, 1.82) is 0 Å². The lowest BCUT2D eigenvalue weighted by Crippen LogP contribution is -2.28. The van der Waals surface area contributed by atoms with Crippen LogP contribution in [0.3, 0.4) is 0 Å². The first-order valence-electron chi connectivity index (χ1n) is 13.2. The molecule has 0 bridgehead atoms. The molecule has 4 aromatic carbocycles. The molecular formula is C35H31N. The number of allylic oxidation sites excluding steroid dienone is 2. The molecule has 0 N–H and O–H groups in total. The predicted molar refractivity (Wildman–Crippen MR) is 152 cm³/mol. The van der Waals surface area contributed by atoms with Crippen molar-refractivity contribution in [3.8, 4) is 11.1 Å². The van der Waals surface area contributed by atoms with Gasteiger partial charge < -0.3 is 4.90 Å². The van der Waals surface area contributed by atoms with E-state index in [2.05, 4.69) is 128 Å². The van der Waals surface area contributed by atoms with Crippen LogP contribution >= 0.6 is 0 Å². The smallest absolute Gasteiger partial charge is 0.0630 e. The van der Waals surface area contributed by atoms with E-state index in [-0.39, 0.29) is 0 Å². The molecule has 0 spiro atoms. The molecule has 7 rings (SSSR count). The van der Waals surface area contributed by atoms with Crippen molar-refractivity contribution in [3.05, 3.63) is 137 Å². The minimum Gasteiger partial charge on any atom is -0.333 e. The third-order valence-electron chi connectivity index (χ3n) is 8.02. The lowest BCUT2D eigenvalue weighted by atomic mass is 9.85. The monoisotopic (exact) mass is 465 g/mol. The summed E-state index contributed by atoms with van der Waals surface area (Å²) in [6.45, 7) is 4.60.